The molecule has 1 amide bonds. The normalized spacial score (nSPS) is 11.2. The third kappa shape index (κ3) is 3.13. The number of fused-ring (bicyclic) bond motifs is 1. The molecule has 0 atom stereocenters. The smallest absolute Gasteiger partial charge is 0.258 e. The van der Waals surface area contributed by atoms with Crippen LogP contribution in [0.15, 0.2) is 29.6 Å². The maximum atomic E-state index is 14.0. The number of benzene rings is 1. The number of anilines is 1. The Kier molecular flexibility index (Phi) is 4.38. The van der Waals surface area contributed by atoms with Crippen LogP contribution in [0.4, 0.5) is 13.9 Å². The van der Waals surface area contributed by atoms with Gasteiger partial charge >= 0.3 is 0 Å². The van der Waals surface area contributed by atoms with E-state index in [-0.39, 0.29) is 22.3 Å². The number of nitrogens with one attached hydrogen (secondary N) is 1. The molecule has 0 unspecified atom stereocenters. The van der Waals surface area contributed by atoms with E-state index in [1.54, 1.807) is 30.1 Å². The van der Waals surface area contributed by atoms with Crippen molar-refractivity contribution in [3.05, 3.63) is 58.2 Å². The average Bonchev–Trinajstić information content (AvgIpc) is 3.21. The summed E-state index contributed by atoms with van der Waals surface area (Å²) in [7, 11) is 1.77. The maximum absolute atomic E-state index is 14.0. The molecule has 0 aliphatic rings. The summed E-state index contributed by atoms with van der Waals surface area (Å²) >= 11 is 1.13. The van der Waals surface area contributed by atoms with E-state index in [0.717, 1.165) is 29.5 Å². The molecule has 1 aromatic carbocycles. The minimum Gasteiger partial charge on any atom is -0.298 e. The standard InChI is InChI=1S/C19H15F2N5OS/c1-9-6-13(16-10(2)25-26(3)17(16)22-9)18(27)24-19-23-15(8-28-19)12-7-11(20)4-5-14(12)21/h4-8H,1-3H3,(H,23,24,27). The van der Waals surface area contributed by atoms with Gasteiger partial charge in [0.05, 0.1) is 22.3 Å². The molecule has 0 aliphatic heterocycles. The van der Waals surface area contributed by atoms with E-state index in [4.69, 9.17) is 0 Å². The topological polar surface area (TPSA) is 72.7 Å². The van der Waals surface area contributed by atoms with E-state index in [9.17, 15) is 13.6 Å². The van der Waals surface area contributed by atoms with Crippen molar-refractivity contribution >= 4 is 33.4 Å². The van der Waals surface area contributed by atoms with Crippen molar-refractivity contribution in [2.75, 3.05) is 5.32 Å². The van der Waals surface area contributed by atoms with Crippen LogP contribution in [0.25, 0.3) is 22.3 Å². The fourth-order valence-corrected chi connectivity index (χ4v) is 3.77. The highest BCUT2D eigenvalue weighted by Gasteiger charge is 2.19. The van der Waals surface area contributed by atoms with Crippen molar-refractivity contribution < 1.29 is 13.6 Å². The molecule has 0 aliphatic carbocycles. The molecule has 0 saturated heterocycles. The van der Waals surface area contributed by atoms with Gasteiger partial charge in [-0.3, -0.25) is 14.8 Å². The van der Waals surface area contributed by atoms with Crippen LogP contribution in [0.2, 0.25) is 0 Å². The van der Waals surface area contributed by atoms with Crippen LogP contribution in [0, 0.1) is 25.5 Å². The molecule has 9 heteroatoms. The van der Waals surface area contributed by atoms with E-state index in [0.29, 0.717) is 28.0 Å². The number of carbonyl (C=O) groups is 1. The SMILES string of the molecule is Cc1cc(C(=O)Nc2nc(-c3cc(F)ccc3F)cs2)c2c(C)nn(C)c2n1. The minimum absolute atomic E-state index is 0.0435. The van der Waals surface area contributed by atoms with Crippen molar-refractivity contribution in [2.24, 2.45) is 7.05 Å². The molecule has 0 saturated carbocycles. The van der Waals surface area contributed by atoms with Gasteiger partial charge in [-0.05, 0) is 38.1 Å². The number of halogens is 2. The lowest BCUT2D eigenvalue weighted by Gasteiger charge is -2.06. The largest absolute Gasteiger partial charge is 0.298 e. The van der Waals surface area contributed by atoms with Gasteiger partial charge in [-0.2, -0.15) is 5.10 Å². The molecule has 6 nitrogen and oxygen atoms in total. The van der Waals surface area contributed by atoms with Gasteiger partial charge in [0.25, 0.3) is 5.91 Å². The molecule has 3 heterocycles. The summed E-state index contributed by atoms with van der Waals surface area (Å²) in [5, 5.41) is 9.57. The minimum atomic E-state index is -0.581. The Hall–Kier alpha value is -3.20. The first kappa shape index (κ1) is 18.2. The summed E-state index contributed by atoms with van der Waals surface area (Å²) in [5.41, 5.74) is 2.72. The first-order chi connectivity index (χ1) is 13.3. The third-order valence-electron chi connectivity index (χ3n) is 4.27. The van der Waals surface area contributed by atoms with Gasteiger partial charge in [-0.1, -0.05) is 0 Å². The van der Waals surface area contributed by atoms with Crippen molar-refractivity contribution in [3.63, 3.8) is 0 Å². The molecule has 4 rings (SSSR count). The van der Waals surface area contributed by atoms with E-state index in [1.807, 2.05) is 6.92 Å². The molecule has 0 spiro atoms. The van der Waals surface area contributed by atoms with Crippen LogP contribution < -0.4 is 5.32 Å². The first-order valence-corrected chi connectivity index (χ1v) is 9.24. The second-order valence-electron chi connectivity index (χ2n) is 6.34. The molecule has 3 aromatic heterocycles. The number of hydrogen-bond acceptors (Lipinski definition) is 5. The number of aryl methyl sites for hydroxylation is 3. The predicted octanol–water partition coefficient (Wildman–Crippen LogP) is 4.24. The summed E-state index contributed by atoms with van der Waals surface area (Å²) in [5.74, 6) is -1.51. The number of rotatable bonds is 3. The summed E-state index contributed by atoms with van der Waals surface area (Å²) in [4.78, 5) is 21.5. The van der Waals surface area contributed by atoms with Crippen molar-refractivity contribution in [2.45, 2.75) is 13.8 Å². The number of hydrogen-bond donors (Lipinski definition) is 1. The Morgan fingerprint density at radius 3 is 2.75 bits per heavy atom. The zero-order valence-electron chi connectivity index (χ0n) is 15.2. The van der Waals surface area contributed by atoms with Crippen LogP contribution in [0.5, 0.6) is 0 Å². The van der Waals surface area contributed by atoms with Gasteiger partial charge in [-0.25, -0.2) is 18.7 Å². The van der Waals surface area contributed by atoms with E-state index >= 15 is 0 Å². The quantitative estimate of drug-likeness (QED) is 0.559. The van der Waals surface area contributed by atoms with Gasteiger partial charge in [0.15, 0.2) is 10.8 Å². The predicted molar refractivity (Wildman–Crippen MR) is 103 cm³/mol. The molecular weight excluding hydrogens is 384 g/mol. The molecule has 0 fully saturated rings. The van der Waals surface area contributed by atoms with Gasteiger partial charge in [0, 0.05) is 23.7 Å². The van der Waals surface area contributed by atoms with Crippen molar-refractivity contribution in [1.82, 2.24) is 19.7 Å². The highest BCUT2D eigenvalue weighted by molar-refractivity contribution is 7.14. The fourth-order valence-electron chi connectivity index (χ4n) is 3.06. The zero-order valence-corrected chi connectivity index (χ0v) is 16.1. The van der Waals surface area contributed by atoms with Crippen LogP contribution in [-0.2, 0) is 7.05 Å². The Balaban J connectivity index is 1.68. The number of pyridine rings is 1. The lowest BCUT2D eigenvalue weighted by atomic mass is 10.1. The number of aromatic nitrogens is 4. The lowest BCUT2D eigenvalue weighted by molar-refractivity contribution is 0.102. The van der Waals surface area contributed by atoms with E-state index < -0.39 is 11.6 Å². The molecule has 1 N–H and O–H groups in total. The maximum Gasteiger partial charge on any atom is 0.258 e. The first-order valence-electron chi connectivity index (χ1n) is 8.36. The lowest BCUT2D eigenvalue weighted by Crippen LogP contribution is -2.13. The molecular formula is C19H15F2N5OS. The molecule has 0 radical (unpaired) electrons. The second kappa shape index (κ2) is 6.75. The number of amides is 1. The van der Waals surface area contributed by atoms with E-state index in [1.165, 1.54) is 0 Å². The molecule has 28 heavy (non-hydrogen) atoms. The second-order valence-corrected chi connectivity index (χ2v) is 7.19. The fraction of sp³-hybridized carbons (Fsp3) is 0.158. The Labute approximate surface area is 162 Å². The molecule has 0 bridgehead atoms. The highest BCUT2D eigenvalue weighted by atomic mass is 32.1. The van der Waals surface area contributed by atoms with Crippen LogP contribution in [0.3, 0.4) is 0 Å². The van der Waals surface area contributed by atoms with Gasteiger partial charge in [0.1, 0.15) is 11.6 Å². The number of thiazole rings is 1. The Bertz CT molecular complexity index is 1230. The summed E-state index contributed by atoms with van der Waals surface area (Å²) in [6, 6.07) is 4.85. The van der Waals surface area contributed by atoms with Crippen LogP contribution in [-0.4, -0.2) is 25.7 Å². The molecule has 142 valence electrons. The van der Waals surface area contributed by atoms with Crippen LogP contribution >= 0.6 is 11.3 Å². The summed E-state index contributed by atoms with van der Waals surface area (Å²) < 4.78 is 29.0. The van der Waals surface area contributed by atoms with Crippen molar-refractivity contribution in [3.8, 4) is 11.3 Å². The summed E-state index contributed by atoms with van der Waals surface area (Å²) in [6.07, 6.45) is 0. The highest BCUT2D eigenvalue weighted by Crippen LogP contribution is 2.29. The number of nitrogens with zero attached hydrogens (tertiary/aromatic N) is 4. The Morgan fingerprint density at radius 1 is 1.18 bits per heavy atom. The third-order valence-corrected chi connectivity index (χ3v) is 5.03. The van der Waals surface area contributed by atoms with Gasteiger partial charge < -0.3 is 0 Å². The number of carbonyl (C=O) groups excluding carboxylic acids is 1. The Morgan fingerprint density at radius 2 is 1.96 bits per heavy atom. The van der Waals surface area contributed by atoms with Gasteiger partial charge in [-0.15, -0.1) is 11.3 Å². The molecule has 4 aromatic rings. The van der Waals surface area contributed by atoms with Crippen LogP contribution in [0.1, 0.15) is 21.7 Å². The monoisotopic (exact) mass is 399 g/mol. The van der Waals surface area contributed by atoms with Gasteiger partial charge in [0.2, 0.25) is 0 Å². The average molecular weight is 399 g/mol. The van der Waals surface area contributed by atoms with Crippen molar-refractivity contribution in [1.29, 1.82) is 0 Å². The zero-order chi connectivity index (χ0) is 20.0. The summed E-state index contributed by atoms with van der Waals surface area (Å²) in [6.45, 7) is 3.61. The van der Waals surface area contributed by atoms with E-state index in [2.05, 4.69) is 20.4 Å².